The molecule has 0 aliphatic heterocycles. The van der Waals surface area contributed by atoms with Crippen LogP contribution in [0.15, 0.2) is 109 Å². The van der Waals surface area contributed by atoms with Gasteiger partial charge in [0.2, 0.25) is 0 Å². The Hall–Kier alpha value is -5.31. The molecule has 0 saturated heterocycles. The first-order chi connectivity index (χ1) is 23.7. The van der Waals surface area contributed by atoms with E-state index < -0.39 is 42.1 Å². The first kappa shape index (κ1) is 39.9. The number of benzene rings is 2. The number of aromatic hydroxyl groups is 1. The standard InChI is InChI=1S/C40H47NO8/c1-2-3-4-5-6-7-8-9-10-11-12-13-14-15-16-17-18-27-38(46)49-40(48)34(28-29-37(44)45)41-39(47)32-24-20-19-23-31(32)30-36(43)33-25-21-22-26-35(33)42/h3-4,6-7,9-10,12-13,15-16,19-26,34,42H,2,5,8,11,14,17-18,27-30H2,1H3,(H,41,47)(H,44,45)/b4-3-,7-6-,10-9-,13-12-,16-15-. The van der Waals surface area contributed by atoms with Crippen LogP contribution in [0.5, 0.6) is 5.75 Å². The van der Waals surface area contributed by atoms with Crippen molar-refractivity contribution in [3.63, 3.8) is 0 Å². The summed E-state index contributed by atoms with van der Waals surface area (Å²) in [6, 6.07) is 10.9. The highest BCUT2D eigenvalue weighted by Gasteiger charge is 2.27. The summed E-state index contributed by atoms with van der Waals surface area (Å²) in [6.45, 7) is 2.12. The quantitative estimate of drug-likeness (QED) is 0.0379. The van der Waals surface area contributed by atoms with Crippen LogP contribution in [0, 0.1) is 0 Å². The van der Waals surface area contributed by atoms with Crippen molar-refractivity contribution in [1.29, 1.82) is 0 Å². The molecule has 9 heteroatoms. The third-order valence-electron chi connectivity index (χ3n) is 7.18. The molecule has 1 atom stereocenters. The molecule has 49 heavy (non-hydrogen) atoms. The van der Waals surface area contributed by atoms with E-state index in [1.165, 1.54) is 18.2 Å². The molecule has 1 amide bonds. The number of rotatable bonds is 22. The number of aliphatic carboxylic acids is 1. The minimum absolute atomic E-state index is 0.0308. The molecule has 1 unspecified atom stereocenters. The second-order valence-corrected chi connectivity index (χ2v) is 11.1. The molecule has 0 heterocycles. The molecule has 0 aliphatic carbocycles. The zero-order valence-electron chi connectivity index (χ0n) is 28.1. The van der Waals surface area contributed by atoms with Crippen molar-refractivity contribution in [2.45, 2.75) is 83.6 Å². The zero-order valence-corrected chi connectivity index (χ0v) is 28.1. The van der Waals surface area contributed by atoms with Crippen LogP contribution in [0.4, 0.5) is 0 Å². The van der Waals surface area contributed by atoms with Gasteiger partial charge in [0.15, 0.2) is 5.78 Å². The lowest BCUT2D eigenvalue weighted by atomic mass is 9.97. The van der Waals surface area contributed by atoms with Crippen molar-refractivity contribution >= 4 is 29.6 Å². The Morgan fingerprint density at radius 2 is 1.29 bits per heavy atom. The second kappa shape index (κ2) is 23.9. The van der Waals surface area contributed by atoms with Gasteiger partial charge in [-0.15, -0.1) is 0 Å². The molecule has 2 aromatic rings. The topological polar surface area (TPSA) is 147 Å². The van der Waals surface area contributed by atoms with Gasteiger partial charge < -0.3 is 20.3 Å². The number of hydrogen-bond donors (Lipinski definition) is 3. The highest BCUT2D eigenvalue weighted by molar-refractivity contribution is 6.03. The SMILES string of the molecule is CC/C=C\C/C=C\C/C=C\C/C=C\C/C=C\CCCC(=O)OC(=O)C(CCC(=O)O)NC(=O)c1ccccc1CC(=O)c1ccccc1O. The van der Waals surface area contributed by atoms with Crippen molar-refractivity contribution in [2.75, 3.05) is 0 Å². The van der Waals surface area contributed by atoms with E-state index in [1.807, 2.05) is 12.2 Å². The Balaban J connectivity index is 1.81. The van der Waals surface area contributed by atoms with E-state index in [4.69, 9.17) is 9.84 Å². The molecule has 0 saturated carbocycles. The lowest BCUT2D eigenvalue weighted by Gasteiger charge is -2.17. The maximum Gasteiger partial charge on any atom is 0.336 e. The molecule has 3 N–H and O–H groups in total. The van der Waals surface area contributed by atoms with E-state index in [-0.39, 0.29) is 36.1 Å². The number of ketones is 1. The summed E-state index contributed by atoms with van der Waals surface area (Å²) < 4.78 is 4.96. The molecule has 2 aromatic carbocycles. The number of Topliss-reactive ketones (excluding diaryl/α,β-unsaturated/α-hetero) is 1. The van der Waals surface area contributed by atoms with Crippen LogP contribution < -0.4 is 5.32 Å². The molecule has 0 spiro atoms. The maximum atomic E-state index is 13.2. The van der Waals surface area contributed by atoms with E-state index >= 15 is 0 Å². The number of phenolic OH excluding ortho intramolecular Hbond substituents is 1. The van der Waals surface area contributed by atoms with Gasteiger partial charge in [0.1, 0.15) is 11.8 Å². The average Bonchev–Trinajstić information content (AvgIpc) is 3.08. The van der Waals surface area contributed by atoms with Crippen LogP contribution in [0.3, 0.4) is 0 Å². The average molecular weight is 670 g/mol. The normalized spacial score (nSPS) is 12.3. The number of carbonyl (C=O) groups excluding carboxylic acids is 4. The van der Waals surface area contributed by atoms with Gasteiger partial charge in [0.25, 0.3) is 5.91 Å². The molecule has 2 rings (SSSR count). The van der Waals surface area contributed by atoms with E-state index in [1.54, 1.807) is 30.3 Å². The number of para-hydroxylation sites is 1. The molecular weight excluding hydrogens is 622 g/mol. The summed E-state index contributed by atoms with van der Waals surface area (Å²) >= 11 is 0. The molecule has 0 aliphatic rings. The molecule has 0 aromatic heterocycles. The van der Waals surface area contributed by atoms with Crippen molar-refractivity contribution < 1.29 is 38.9 Å². The van der Waals surface area contributed by atoms with Gasteiger partial charge in [-0.05, 0) is 75.1 Å². The Labute approximate surface area is 288 Å². The summed E-state index contributed by atoms with van der Waals surface area (Å²) in [7, 11) is 0. The van der Waals surface area contributed by atoms with E-state index in [0.717, 1.165) is 32.1 Å². The highest BCUT2D eigenvalue weighted by Crippen LogP contribution is 2.20. The number of allylic oxidation sites excluding steroid dienone is 10. The molecule has 9 nitrogen and oxygen atoms in total. The second-order valence-electron chi connectivity index (χ2n) is 11.1. The predicted molar refractivity (Wildman–Crippen MR) is 190 cm³/mol. The largest absolute Gasteiger partial charge is 0.507 e. The Kier molecular flexibility index (Phi) is 19.5. The van der Waals surface area contributed by atoms with Crippen molar-refractivity contribution in [3.05, 3.63) is 126 Å². The highest BCUT2D eigenvalue weighted by atomic mass is 16.6. The number of phenols is 1. The number of amides is 1. The van der Waals surface area contributed by atoms with Crippen molar-refractivity contribution in [1.82, 2.24) is 5.32 Å². The minimum atomic E-state index is -1.40. The Bertz CT molecular complexity index is 1530. The van der Waals surface area contributed by atoms with Crippen LogP contribution in [0.1, 0.15) is 97.4 Å². The van der Waals surface area contributed by atoms with Gasteiger partial charge >= 0.3 is 17.9 Å². The summed E-state index contributed by atoms with van der Waals surface area (Å²) in [5.41, 5.74) is 0.521. The van der Waals surface area contributed by atoms with Gasteiger partial charge in [-0.25, -0.2) is 4.79 Å². The number of hydrogen-bond acceptors (Lipinski definition) is 7. The van der Waals surface area contributed by atoms with Gasteiger partial charge in [0, 0.05) is 24.8 Å². The fourth-order valence-corrected chi connectivity index (χ4v) is 4.59. The number of carbonyl (C=O) groups is 5. The van der Waals surface area contributed by atoms with Crippen LogP contribution in [-0.4, -0.2) is 45.9 Å². The predicted octanol–water partition coefficient (Wildman–Crippen LogP) is 7.77. The molecule has 0 bridgehead atoms. The van der Waals surface area contributed by atoms with Gasteiger partial charge in [-0.2, -0.15) is 0 Å². The Morgan fingerprint density at radius 1 is 0.735 bits per heavy atom. The first-order valence-electron chi connectivity index (χ1n) is 16.6. The van der Waals surface area contributed by atoms with Gasteiger partial charge in [-0.1, -0.05) is 98.0 Å². The lowest BCUT2D eigenvalue weighted by Crippen LogP contribution is -2.43. The number of carboxylic acid groups (broad SMARTS) is 1. The number of nitrogens with one attached hydrogen (secondary N) is 1. The van der Waals surface area contributed by atoms with Crippen LogP contribution in [-0.2, 0) is 25.5 Å². The molecule has 0 radical (unpaired) electrons. The number of esters is 2. The third kappa shape index (κ3) is 16.9. The van der Waals surface area contributed by atoms with Gasteiger partial charge in [0.05, 0.1) is 5.56 Å². The molecule has 0 fully saturated rings. The minimum Gasteiger partial charge on any atom is -0.507 e. The number of unbranched alkanes of at least 4 members (excludes halogenated alkanes) is 1. The van der Waals surface area contributed by atoms with Crippen LogP contribution in [0.25, 0.3) is 0 Å². The third-order valence-corrected chi connectivity index (χ3v) is 7.18. The Morgan fingerprint density at radius 3 is 1.88 bits per heavy atom. The molecule has 260 valence electrons. The summed E-state index contributed by atoms with van der Waals surface area (Å²) in [4.78, 5) is 62.5. The van der Waals surface area contributed by atoms with Crippen molar-refractivity contribution in [3.8, 4) is 5.75 Å². The van der Waals surface area contributed by atoms with E-state index in [2.05, 4.69) is 60.8 Å². The van der Waals surface area contributed by atoms with Crippen LogP contribution >= 0.6 is 0 Å². The van der Waals surface area contributed by atoms with Gasteiger partial charge in [-0.3, -0.25) is 19.2 Å². The van der Waals surface area contributed by atoms with Crippen molar-refractivity contribution in [2.24, 2.45) is 0 Å². The fourth-order valence-electron chi connectivity index (χ4n) is 4.59. The first-order valence-corrected chi connectivity index (χ1v) is 16.6. The monoisotopic (exact) mass is 669 g/mol. The zero-order chi connectivity index (χ0) is 35.7. The number of carboxylic acids is 1. The smallest absolute Gasteiger partial charge is 0.336 e. The summed E-state index contributed by atoms with van der Waals surface area (Å²) in [5, 5.41) is 21.7. The molecular formula is C40H47NO8. The number of ether oxygens (including phenoxy) is 1. The summed E-state index contributed by atoms with van der Waals surface area (Å²) in [5.74, 6) is -4.37. The van der Waals surface area contributed by atoms with E-state index in [9.17, 15) is 29.1 Å². The fraction of sp³-hybridized carbons (Fsp3) is 0.325. The summed E-state index contributed by atoms with van der Waals surface area (Å²) in [6.07, 6.45) is 25.6. The van der Waals surface area contributed by atoms with E-state index in [0.29, 0.717) is 18.4 Å². The van der Waals surface area contributed by atoms with Crippen LogP contribution in [0.2, 0.25) is 0 Å². The lowest BCUT2D eigenvalue weighted by molar-refractivity contribution is -0.161. The maximum absolute atomic E-state index is 13.2.